The van der Waals surface area contributed by atoms with E-state index in [9.17, 15) is 9.59 Å². The van der Waals surface area contributed by atoms with Crippen LogP contribution in [0.4, 0.5) is 0 Å². The Balaban J connectivity index is 1.31. The van der Waals surface area contributed by atoms with Crippen molar-refractivity contribution in [3.8, 4) is 5.75 Å². The van der Waals surface area contributed by atoms with Gasteiger partial charge in [0, 0.05) is 41.2 Å². The molecule has 1 aliphatic rings. The first-order valence-electron chi connectivity index (χ1n) is 15.2. The third kappa shape index (κ3) is 6.90. The predicted molar refractivity (Wildman–Crippen MR) is 164 cm³/mol. The fraction of sp³-hybridized carbons (Fsp3) is 0.389. The monoisotopic (exact) mass is 551 g/mol. The van der Waals surface area contributed by atoms with Crippen LogP contribution in [0.1, 0.15) is 97.5 Å². The molecule has 1 heterocycles. The van der Waals surface area contributed by atoms with E-state index in [0.717, 1.165) is 42.3 Å². The second-order valence-corrected chi connectivity index (χ2v) is 11.0. The number of nitrogens with zero attached hydrogens (tertiary/aromatic N) is 1. The van der Waals surface area contributed by atoms with E-state index >= 15 is 0 Å². The third-order valence-electron chi connectivity index (χ3n) is 8.08. The summed E-state index contributed by atoms with van der Waals surface area (Å²) in [5.74, 6) is 0.571. The van der Waals surface area contributed by atoms with Gasteiger partial charge in [-0.25, -0.2) is 0 Å². The number of benzene rings is 3. The molecule has 1 aliphatic carbocycles. The summed E-state index contributed by atoms with van der Waals surface area (Å²) < 4.78 is 13.7. The van der Waals surface area contributed by atoms with Gasteiger partial charge >= 0.3 is 5.97 Å². The number of aromatic nitrogens is 1. The van der Waals surface area contributed by atoms with Gasteiger partial charge in [-0.05, 0) is 98.9 Å². The van der Waals surface area contributed by atoms with Crippen LogP contribution in [0.2, 0.25) is 0 Å². The summed E-state index contributed by atoms with van der Waals surface area (Å²) in [6, 6.07) is 22.4. The van der Waals surface area contributed by atoms with Crippen molar-refractivity contribution in [1.29, 1.82) is 0 Å². The topological polar surface area (TPSA) is 57.5 Å². The van der Waals surface area contributed by atoms with E-state index in [0.29, 0.717) is 37.1 Å². The van der Waals surface area contributed by atoms with Crippen molar-refractivity contribution >= 4 is 22.7 Å². The normalized spacial score (nSPS) is 13.5. The zero-order valence-corrected chi connectivity index (χ0v) is 24.4. The molecular formula is C36H41NO4. The van der Waals surface area contributed by atoms with Crippen LogP contribution >= 0.6 is 0 Å². The lowest BCUT2D eigenvalue weighted by atomic mass is 9.89. The number of ether oxygens (including phenoxy) is 2. The van der Waals surface area contributed by atoms with Crippen molar-refractivity contribution < 1.29 is 19.1 Å². The molecule has 5 rings (SSSR count). The van der Waals surface area contributed by atoms with Crippen LogP contribution in [0.25, 0.3) is 10.9 Å². The highest BCUT2D eigenvalue weighted by molar-refractivity contribution is 6.16. The zero-order valence-electron chi connectivity index (χ0n) is 24.4. The van der Waals surface area contributed by atoms with Gasteiger partial charge in [0.05, 0.1) is 6.61 Å². The van der Waals surface area contributed by atoms with E-state index in [-0.39, 0.29) is 17.9 Å². The fourth-order valence-corrected chi connectivity index (χ4v) is 5.88. The van der Waals surface area contributed by atoms with Crippen LogP contribution in [0.15, 0.2) is 72.9 Å². The largest absolute Gasteiger partial charge is 0.486 e. The van der Waals surface area contributed by atoms with Gasteiger partial charge in [-0.2, -0.15) is 0 Å². The quantitative estimate of drug-likeness (QED) is 0.124. The van der Waals surface area contributed by atoms with Crippen LogP contribution in [-0.4, -0.2) is 22.9 Å². The molecule has 3 aromatic carbocycles. The van der Waals surface area contributed by atoms with Gasteiger partial charge in [-0.15, -0.1) is 0 Å². The molecule has 0 radical (unpaired) electrons. The first-order valence-corrected chi connectivity index (χ1v) is 15.2. The number of rotatable bonds is 13. The van der Waals surface area contributed by atoms with Gasteiger partial charge < -0.3 is 14.0 Å². The molecule has 4 aromatic rings. The molecule has 0 N–H and O–H groups in total. The SMILES string of the molecule is CCCCC(Oc1ccc(C(=O)c2cn(CCCC(=O)OCC)c3ccccc23)cc1)c1ccc2c(c1)CCCC2. The van der Waals surface area contributed by atoms with E-state index in [4.69, 9.17) is 9.47 Å². The average molecular weight is 552 g/mol. The van der Waals surface area contributed by atoms with Crippen molar-refractivity contribution in [2.45, 2.75) is 84.3 Å². The van der Waals surface area contributed by atoms with Gasteiger partial charge in [-0.1, -0.05) is 49.7 Å². The average Bonchev–Trinajstić information content (AvgIpc) is 3.37. The van der Waals surface area contributed by atoms with Crippen molar-refractivity contribution in [2.24, 2.45) is 0 Å². The predicted octanol–water partition coefficient (Wildman–Crippen LogP) is 8.40. The molecule has 1 atom stereocenters. The molecule has 0 fully saturated rings. The van der Waals surface area contributed by atoms with Gasteiger partial charge in [0.1, 0.15) is 11.9 Å². The van der Waals surface area contributed by atoms with E-state index in [2.05, 4.69) is 29.7 Å². The number of ketones is 1. The van der Waals surface area contributed by atoms with Crippen LogP contribution in [0, 0.1) is 0 Å². The van der Waals surface area contributed by atoms with Gasteiger partial charge in [0.2, 0.25) is 0 Å². The van der Waals surface area contributed by atoms with E-state index < -0.39 is 0 Å². The van der Waals surface area contributed by atoms with Crippen LogP contribution in [0.3, 0.4) is 0 Å². The summed E-state index contributed by atoms with van der Waals surface area (Å²) in [4.78, 5) is 25.4. The van der Waals surface area contributed by atoms with E-state index in [1.165, 1.54) is 36.0 Å². The summed E-state index contributed by atoms with van der Waals surface area (Å²) in [5.41, 5.74) is 6.49. The van der Waals surface area contributed by atoms with E-state index in [1.807, 2.05) is 61.7 Å². The standard InChI is InChI=1S/C36H41NO4/c1-3-5-15-34(29-18-17-26-11-6-7-12-28(26)24-29)41-30-21-19-27(20-22-30)36(39)32-25-37(23-10-16-35(38)40-4-2)33-14-9-8-13-31(32)33/h8-9,13-14,17-22,24-25,34H,3-7,10-12,15-16,23H2,1-2H3. The third-order valence-corrected chi connectivity index (χ3v) is 8.08. The molecular weight excluding hydrogens is 510 g/mol. The zero-order chi connectivity index (χ0) is 28.6. The Morgan fingerprint density at radius 1 is 0.902 bits per heavy atom. The van der Waals surface area contributed by atoms with Crippen molar-refractivity contribution in [2.75, 3.05) is 6.61 Å². The molecule has 5 nitrogen and oxygen atoms in total. The molecule has 0 saturated carbocycles. The van der Waals surface area contributed by atoms with Gasteiger partial charge in [0.25, 0.3) is 0 Å². The summed E-state index contributed by atoms with van der Waals surface area (Å²) in [6.07, 6.45) is 11.0. The lowest BCUT2D eigenvalue weighted by molar-refractivity contribution is -0.143. The van der Waals surface area contributed by atoms with Crippen LogP contribution < -0.4 is 4.74 Å². The molecule has 0 bridgehead atoms. The number of unbranched alkanes of at least 4 members (excludes halogenated alkanes) is 1. The Morgan fingerprint density at radius 2 is 1.68 bits per heavy atom. The van der Waals surface area contributed by atoms with E-state index in [1.54, 1.807) is 0 Å². The molecule has 214 valence electrons. The lowest BCUT2D eigenvalue weighted by Gasteiger charge is -2.23. The highest BCUT2D eigenvalue weighted by Gasteiger charge is 2.19. The maximum Gasteiger partial charge on any atom is 0.305 e. The first-order chi connectivity index (χ1) is 20.1. The first kappa shape index (κ1) is 28.7. The number of aryl methyl sites for hydroxylation is 3. The summed E-state index contributed by atoms with van der Waals surface area (Å²) in [7, 11) is 0. The smallest absolute Gasteiger partial charge is 0.305 e. The summed E-state index contributed by atoms with van der Waals surface area (Å²) in [5, 5.41) is 0.918. The Hall–Kier alpha value is -3.86. The fourth-order valence-electron chi connectivity index (χ4n) is 5.88. The number of esters is 1. The van der Waals surface area contributed by atoms with Crippen LogP contribution in [-0.2, 0) is 28.9 Å². The molecule has 1 unspecified atom stereocenters. The molecule has 0 amide bonds. The Labute approximate surface area is 243 Å². The highest BCUT2D eigenvalue weighted by Crippen LogP contribution is 2.31. The second kappa shape index (κ2) is 13.7. The minimum atomic E-state index is -0.189. The maximum absolute atomic E-state index is 13.6. The number of hydrogen-bond acceptors (Lipinski definition) is 4. The van der Waals surface area contributed by atoms with Gasteiger partial charge in [-0.3, -0.25) is 9.59 Å². The number of hydrogen-bond donors (Lipinski definition) is 0. The number of para-hydroxylation sites is 1. The summed E-state index contributed by atoms with van der Waals surface area (Å²) in [6.45, 7) is 5.05. The Morgan fingerprint density at radius 3 is 2.46 bits per heavy atom. The molecule has 1 aromatic heterocycles. The van der Waals surface area contributed by atoms with Crippen molar-refractivity contribution in [1.82, 2.24) is 4.57 Å². The molecule has 0 aliphatic heterocycles. The van der Waals surface area contributed by atoms with Crippen molar-refractivity contribution in [3.05, 3.63) is 101 Å². The minimum absolute atomic E-state index is 0.00342. The minimum Gasteiger partial charge on any atom is -0.486 e. The maximum atomic E-state index is 13.6. The number of fused-ring (bicyclic) bond motifs is 2. The molecule has 0 saturated heterocycles. The second-order valence-electron chi connectivity index (χ2n) is 11.0. The molecule has 0 spiro atoms. The Kier molecular flexibility index (Phi) is 9.55. The van der Waals surface area contributed by atoms with Gasteiger partial charge in [0.15, 0.2) is 5.78 Å². The number of carbonyl (C=O) groups is 2. The summed E-state index contributed by atoms with van der Waals surface area (Å²) >= 11 is 0. The highest BCUT2D eigenvalue weighted by atomic mass is 16.5. The Bertz CT molecular complexity index is 1480. The lowest BCUT2D eigenvalue weighted by Crippen LogP contribution is -2.11. The number of carbonyl (C=O) groups excluding carboxylic acids is 2. The van der Waals surface area contributed by atoms with Crippen LogP contribution in [0.5, 0.6) is 5.75 Å². The molecule has 41 heavy (non-hydrogen) atoms. The molecule has 5 heteroatoms. The van der Waals surface area contributed by atoms with Crippen molar-refractivity contribution in [3.63, 3.8) is 0 Å².